The first-order valence-electron chi connectivity index (χ1n) is 6.14. The maximum absolute atomic E-state index is 12.0. The van der Waals surface area contributed by atoms with Crippen molar-refractivity contribution in [1.82, 2.24) is 0 Å². The highest BCUT2D eigenvalue weighted by Gasteiger charge is 2.52. The molecule has 0 heterocycles. The summed E-state index contributed by atoms with van der Waals surface area (Å²) in [4.78, 5) is 12.0. The molecular formula is C14H20O4. The molecular weight excluding hydrogens is 232 g/mol. The van der Waals surface area contributed by atoms with Crippen LogP contribution in [0.25, 0.3) is 0 Å². The van der Waals surface area contributed by atoms with E-state index in [0.717, 1.165) is 12.0 Å². The fourth-order valence-corrected chi connectivity index (χ4v) is 2.95. The van der Waals surface area contributed by atoms with Gasteiger partial charge in [-0.15, -0.1) is 0 Å². The number of allylic oxidation sites excluding steroid dienone is 2. The Balaban J connectivity index is 2.11. The maximum atomic E-state index is 12.0. The maximum Gasteiger partial charge on any atom is 0.191 e. The van der Waals surface area contributed by atoms with Gasteiger partial charge in [0.05, 0.1) is 6.61 Å². The van der Waals surface area contributed by atoms with Gasteiger partial charge in [0, 0.05) is 26.1 Å². The molecule has 0 spiro atoms. The van der Waals surface area contributed by atoms with Gasteiger partial charge < -0.3 is 14.2 Å². The molecule has 0 fully saturated rings. The quantitative estimate of drug-likeness (QED) is 0.411. The number of ether oxygens (including phenoxy) is 3. The number of fused-ring (bicyclic) bond motifs is 2. The highest BCUT2D eigenvalue weighted by atomic mass is 16.7. The predicted octanol–water partition coefficient (Wildman–Crippen LogP) is 1.86. The Morgan fingerprint density at radius 1 is 1.39 bits per heavy atom. The van der Waals surface area contributed by atoms with Gasteiger partial charge in [-0.25, -0.2) is 0 Å². The van der Waals surface area contributed by atoms with Gasteiger partial charge in [0.25, 0.3) is 0 Å². The summed E-state index contributed by atoms with van der Waals surface area (Å²) >= 11 is 0. The lowest BCUT2D eigenvalue weighted by Gasteiger charge is -2.35. The predicted molar refractivity (Wildman–Crippen MR) is 67.1 cm³/mol. The second-order valence-corrected chi connectivity index (χ2v) is 5.03. The van der Waals surface area contributed by atoms with Crippen molar-refractivity contribution in [3.63, 3.8) is 0 Å². The first kappa shape index (κ1) is 13.5. The third-order valence-corrected chi connectivity index (χ3v) is 3.95. The number of rotatable bonds is 6. The zero-order chi connectivity index (χ0) is 13.2. The number of hydrogen-bond donors (Lipinski definition) is 0. The minimum Gasteiger partial charge on any atom is -0.366 e. The van der Waals surface area contributed by atoms with E-state index in [4.69, 9.17) is 14.2 Å². The van der Waals surface area contributed by atoms with Crippen LogP contribution in [0.15, 0.2) is 23.8 Å². The molecule has 0 saturated heterocycles. The van der Waals surface area contributed by atoms with Crippen LogP contribution in [0, 0.1) is 5.41 Å². The topological polar surface area (TPSA) is 44.8 Å². The molecule has 0 aromatic rings. The molecule has 2 aliphatic carbocycles. The largest absolute Gasteiger partial charge is 0.366 e. The smallest absolute Gasteiger partial charge is 0.191 e. The van der Waals surface area contributed by atoms with Gasteiger partial charge in [0.15, 0.2) is 11.4 Å². The number of hydrogen-bond acceptors (Lipinski definition) is 4. The molecule has 0 aliphatic heterocycles. The van der Waals surface area contributed by atoms with E-state index in [1.807, 2.05) is 13.0 Å². The van der Waals surface area contributed by atoms with E-state index >= 15 is 0 Å². The zero-order valence-electron chi connectivity index (χ0n) is 11.2. The van der Waals surface area contributed by atoms with Gasteiger partial charge in [-0.05, 0) is 25.0 Å². The van der Waals surface area contributed by atoms with Gasteiger partial charge in [0.1, 0.15) is 6.79 Å². The molecule has 100 valence electrons. The van der Waals surface area contributed by atoms with Crippen molar-refractivity contribution in [3.8, 4) is 0 Å². The van der Waals surface area contributed by atoms with Crippen molar-refractivity contribution >= 4 is 5.78 Å². The van der Waals surface area contributed by atoms with Crippen molar-refractivity contribution in [2.45, 2.75) is 25.4 Å². The molecule has 0 aromatic carbocycles. The van der Waals surface area contributed by atoms with Crippen molar-refractivity contribution in [1.29, 1.82) is 0 Å². The van der Waals surface area contributed by atoms with Crippen LogP contribution in [0.2, 0.25) is 0 Å². The van der Waals surface area contributed by atoms with Crippen LogP contribution in [-0.4, -0.2) is 39.0 Å². The lowest BCUT2D eigenvalue weighted by Crippen LogP contribution is -2.43. The van der Waals surface area contributed by atoms with Gasteiger partial charge in [0.2, 0.25) is 0 Å². The summed E-state index contributed by atoms with van der Waals surface area (Å²) < 4.78 is 15.7. The van der Waals surface area contributed by atoms with Gasteiger partial charge >= 0.3 is 0 Å². The molecule has 4 heteroatoms. The normalized spacial score (nSPS) is 33.9. The Hall–Kier alpha value is -0.970. The van der Waals surface area contributed by atoms with E-state index in [2.05, 4.69) is 6.08 Å². The molecule has 2 atom stereocenters. The van der Waals surface area contributed by atoms with E-state index in [-0.39, 0.29) is 11.2 Å². The van der Waals surface area contributed by atoms with Gasteiger partial charge in [-0.1, -0.05) is 12.2 Å². The Kier molecular flexibility index (Phi) is 3.71. The summed E-state index contributed by atoms with van der Waals surface area (Å²) in [5, 5.41) is 0. The van der Waals surface area contributed by atoms with Crippen LogP contribution in [0.3, 0.4) is 0 Å². The summed E-state index contributed by atoms with van der Waals surface area (Å²) in [6.07, 6.45) is 7.31. The fraction of sp³-hybridized carbons (Fsp3) is 0.643. The van der Waals surface area contributed by atoms with E-state index in [0.29, 0.717) is 19.8 Å². The molecule has 0 amide bonds. The highest BCUT2D eigenvalue weighted by molar-refractivity contribution is 6.01. The van der Waals surface area contributed by atoms with Crippen molar-refractivity contribution in [2.24, 2.45) is 5.41 Å². The van der Waals surface area contributed by atoms with Crippen LogP contribution >= 0.6 is 0 Å². The molecule has 4 nitrogen and oxygen atoms in total. The van der Waals surface area contributed by atoms with Crippen molar-refractivity contribution < 1.29 is 19.0 Å². The first-order chi connectivity index (χ1) is 8.58. The number of ketones is 1. The van der Waals surface area contributed by atoms with Crippen LogP contribution in [0.4, 0.5) is 0 Å². The number of methoxy groups -OCH3 is 2. The average molecular weight is 252 g/mol. The summed E-state index contributed by atoms with van der Waals surface area (Å²) in [5.41, 5.74) is 0.157. The minimum atomic E-state index is -0.740. The summed E-state index contributed by atoms with van der Waals surface area (Å²) in [6, 6.07) is 0. The highest BCUT2D eigenvalue weighted by Crippen LogP contribution is 2.51. The van der Waals surface area contributed by atoms with Crippen LogP contribution in [0.1, 0.15) is 19.8 Å². The molecule has 0 unspecified atom stereocenters. The molecule has 0 saturated carbocycles. The zero-order valence-corrected chi connectivity index (χ0v) is 11.2. The molecule has 0 aromatic heterocycles. The Morgan fingerprint density at radius 2 is 2.17 bits per heavy atom. The molecule has 0 N–H and O–H groups in total. The average Bonchev–Trinajstić information content (AvgIpc) is 2.61. The van der Waals surface area contributed by atoms with Crippen LogP contribution < -0.4 is 0 Å². The standard InChI is InChI=1S/C14H20O4/c1-11-8-13(6-7-18-10-16-2)5-4-12(15)14(11,9-13)17-3/h4-5,8H,6-7,9-10H2,1-3H3/t13-,14-/m0/s1. The van der Waals surface area contributed by atoms with Crippen LogP contribution in [0.5, 0.6) is 0 Å². The van der Waals surface area contributed by atoms with Gasteiger partial charge in [-0.2, -0.15) is 0 Å². The monoisotopic (exact) mass is 252 g/mol. The lowest BCUT2D eigenvalue weighted by atomic mass is 9.75. The Morgan fingerprint density at radius 3 is 2.83 bits per heavy atom. The fourth-order valence-electron chi connectivity index (χ4n) is 2.95. The molecule has 2 rings (SSSR count). The second kappa shape index (κ2) is 4.96. The molecule has 0 radical (unpaired) electrons. The second-order valence-electron chi connectivity index (χ2n) is 5.03. The third-order valence-electron chi connectivity index (χ3n) is 3.95. The Labute approximate surface area is 108 Å². The first-order valence-corrected chi connectivity index (χ1v) is 6.14. The van der Waals surface area contributed by atoms with Crippen molar-refractivity contribution in [2.75, 3.05) is 27.6 Å². The summed E-state index contributed by atoms with van der Waals surface area (Å²) in [6.45, 7) is 2.87. The molecule has 18 heavy (non-hydrogen) atoms. The number of carbonyl (C=O) groups excluding carboxylic acids is 1. The molecule has 2 aliphatic rings. The third kappa shape index (κ3) is 2.05. The van der Waals surface area contributed by atoms with Gasteiger partial charge in [-0.3, -0.25) is 4.79 Å². The van der Waals surface area contributed by atoms with E-state index < -0.39 is 5.60 Å². The number of carbonyl (C=O) groups is 1. The van der Waals surface area contributed by atoms with E-state index in [9.17, 15) is 4.79 Å². The Bertz CT molecular complexity index is 399. The summed E-state index contributed by atoms with van der Waals surface area (Å²) in [5.74, 6) is 0.0460. The minimum absolute atomic E-state index is 0.0460. The van der Waals surface area contributed by atoms with Crippen molar-refractivity contribution in [3.05, 3.63) is 23.8 Å². The van der Waals surface area contributed by atoms with E-state index in [1.165, 1.54) is 0 Å². The SMILES string of the molecule is COCOCC[C@]12C=CC(=O)[C@](OC)(C1)C(C)=C2. The molecule has 2 bridgehead atoms. The summed E-state index contributed by atoms with van der Waals surface area (Å²) in [7, 11) is 3.21. The van der Waals surface area contributed by atoms with Crippen LogP contribution in [-0.2, 0) is 19.0 Å². The van der Waals surface area contributed by atoms with E-state index in [1.54, 1.807) is 20.3 Å². The lowest BCUT2D eigenvalue weighted by molar-refractivity contribution is -0.134.